The van der Waals surface area contributed by atoms with Crippen LogP contribution in [0.1, 0.15) is 40.0 Å². The average molecular weight is 240 g/mol. The number of hydrogen-bond acceptors (Lipinski definition) is 2. The maximum Gasteiger partial charge on any atom is 0.123 e. The standard InChI is InChI=1S/C13H21O2P/c1-4-5-8-13(2,3)16-12-9-10(14)6-7-11(12)15/h6-7,9,14-16H,4-5,8H2,1-3H3. The van der Waals surface area contributed by atoms with Crippen molar-refractivity contribution in [3.8, 4) is 11.5 Å². The monoisotopic (exact) mass is 240 g/mol. The Morgan fingerprint density at radius 2 is 1.94 bits per heavy atom. The van der Waals surface area contributed by atoms with Crippen molar-refractivity contribution >= 4 is 13.9 Å². The van der Waals surface area contributed by atoms with Crippen LogP contribution in [0, 0.1) is 0 Å². The summed E-state index contributed by atoms with van der Waals surface area (Å²) in [5, 5.41) is 20.2. The lowest BCUT2D eigenvalue weighted by atomic mass is 10.1. The van der Waals surface area contributed by atoms with E-state index in [9.17, 15) is 10.2 Å². The highest BCUT2D eigenvalue weighted by molar-refractivity contribution is 7.49. The molecule has 1 unspecified atom stereocenters. The molecular formula is C13H21O2P. The first-order chi connectivity index (χ1) is 7.44. The van der Waals surface area contributed by atoms with Crippen LogP contribution in [0.4, 0.5) is 0 Å². The predicted molar refractivity (Wildman–Crippen MR) is 71.3 cm³/mol. The normalized spacial score (nSPS) is 12.4. The molecule has 0 fully saturated rings. The Kier molecular flexibility index (Phi) is 4.61. The molecule has 0 aromatic heterocycles. The van der Waals surface area contributed by atoms with E-state index in [1.807, 2.05) is 0 Å². The first kappa shape index (κ1) is 13.3. The molecule has 0 bridgehead atoms. The third-order valence-corrected chi connectivity index (χ3v) is 4.21. The van der Waals surface area contributed by atoms with Gasteiger partial charge >= 0.3 is 0 Å². The molecule has 0 aliphatic carbocycles. The Balaban J connectivity index is 2.74. The van der Waals surface area contributed by atoms with E-state index in [1.165, 1.54) is 18.9 Å². The lowest BCUT2D eigenvalue weighted by Crippen LogP contribution is -2.16. The first-order valence-corrected chi connectivity index (χ1v) is 6.75. The third kappa shape index (κ3) is 4.02. The summed E-state index contributed by atoms with van der Waals surface area (Å²) in [5.74, 6) is 0.521. The Morgan fingerprint density at radius 1 is 1.25 bits per heavy atom. The van der Waals surface area contributed by atoms with Gasteiger partial charge in [0.15, 0.2) is 0 Å². The van der Waals surface area contributed by atoms with E-state index in [0.29, 0.717) is 14.3 Å². The molecule has 0 saturated heterocycles. The van der Waals surface area contributed by atoms with Crippen LogP contribution < -0.4 is 5.30 Å². The summed E-state index contributed by atoms with van der Waals surface area (Å²) in [6.45, 7) is 6.61. The Labute approximate surface area is 99.5 Å². The topological polar surface area (TPSA) is 40.5 Å². The zero-order valence-electron chi connectivity index (χ0n) is 10.2. The number of phenolic OH excluding ortho intramolecular Hbond substituents is 2. The van der Waals surface area contributed by atoms with Crippen molar-refractivity contribution in [3.05, 3.63) is 18.2 Å². The van der Waals surface area contributed by atoms with Crippen molar-refractivity contribution in [2.24, 2.45) is 0 Å². The van der Waals surface area contributed by atoms with E-state index in [0.717, 1.165) is 11.7 Å². The van der Waals surface area contributed by atoms with Gasteiger partial charge in [0.2, 0.25) is 0 Å². The van der Waals surface area contributed by atoms with Gasteiger partial charge in [-0.05, 0) is 29.8 Å². The predicted octanol–water partition coefficient (Wildman–Crippen LogP) is 3.37. The molecule has 2 N–H and O–H groups in total. The van der Waals surface area contributed by atoms with E-state index in [-0.39, 0.29) is 10.9 Å². The first-order valence-electron chi connectivity index (χ1n) is 5.75. The van der Waals surface area contributed by atoms with Crippen LogP contribution in [0.3, 0.4) is 0 Å². The molecule has 0 aliphatic heterocycles. The number of rotatable bonds is 5. The van der Waals surface area contributed by atoms with Crippen LogP contribution in [0.5, 0.6) is 11.5 Å². The highest BCUT2D eigenvalue weighted by atomic mass is 31.1. The van der Waals surface area contributed by atoms with Gasteiger partial charge in [-0.2, -0.15) is 0 Å². The molecule has 90 valence electrons. The number of benzene rings is 1. The van der Waals surface area contributed by atoms with Crippen LogP contribution in [0.25, 0.3) is 0 Å². The zero-order chi connectivity index (χ0) is 12.2. The average Bonchev–Trinajstić information content (AvgIpc) is 2.20. The number of aromatic hydroxyl groups is 2. The van der Waals surface area contributed by atoms with Crippen LogP contribution in [-0.4, -0.2) is 15.4 Å². The molecule has 0 radical (unpaired) electrons. The summed E-state index contributed by atoms with van der Waals surface area (Å²) in [4.78, 5) is 0. The van der Waals surface area contributed by atoms with Gasteiger partial charge in [-0.3, -0.25) is 0 Å². The van der Waals surface area contributed by atoms with Gasteiger partial charge in [0, 0.05) is 5.30 Å². The Hall–Kier alpha value is -0.750. The molecule has 3 heteroatoms. The highest BCUT2D eigenvalue weighted by Gasteiger charge is 2.19. The minimum Gasteiger partial charge on any atom is -0.508 e. The molecule has 1 aromatic carbocycles. The van der Waals surface area contributed by atoms with Gasteiger partial charge in [-0.15, -0.1) is 0 Å². The van der Waals surface area contributed by atoms with Crippen molar-refractivity contribution in [2.45, 2.75) is 45.2 Å². The number of phenols is 2. The maximum atomic E-state index is 9.72. The molecule has 0 spiro atoms. The van der Waals surface area contributed by atoms with Gasteiger partial charge in [0.1, 0.15) is 11.5 Å². The van der Waals surface area contributed by atoms with E-state index >= 15 is 0 Å². The quantitative estimate of drug-likeness (QED) is 0.612. The minimum absolute atomic E-state index is 0.196. The molecule has 1 atom stereocenters. The lowest BCUT2D eigenvalue weighted by molar-refractivity contribution is 0.463. The van der Waals surface area contributed by atoms with E-state index in [2.05, 4.69) is 20.8 Å². The maximum absolute atomic E-state index is 9.72. The van der Waals surface area contributed by atoms with Crippen LogP contribution >= 0.6 is 8.58 Å². The molecule has 0 heterocycles. The summed E-state index contributed by atoms with van der Waals surface area (Å²) in [6.07, 6.45) is 3.55. The fourth-order valence-corrected chi connectivity index (χ4v) is 3.13. The fourth-order valence-electron chi connectivity index (χ4n) is 1.67. The Bertz CT molecular complexity index is 348. The smallest absolute Gasteiger partial charge is 0.123 e. The van der Waals surface area contributed by atoms with E-state index < -0.39 is 0 Å². The second-order valence-corrected chi connectivity index (χ2v) is 6.96. The van der Waals surface area contributed by atoms with Gasteiger partial charge < -0.3 is 10.2 Å². The van der Waals surface area contributed by atoms with Crippen molar-refractivity contribution in [1.29, 1.82) is 0 Å². The summed E-state index contributed by atoms with van der Waals surface area (Å²) in [6, 6.07) is 4.75. The summed E-state index contributed by atoms with van der Waals surface area (Å²) < 4.78 is 0. The Morgan fingerprint density at radius 3 is 2.56 bits per heavy atom. The lowest BCUT2D eigenvalue weighted by Gasteiger charge is -2.25. The number of hydrogen-bond donors (Lipinski definition) is 2. The van der Waals surface area contributed by atoms with Crippen molar-refractivity contribution in [3.63, 3.8) is 0 Å². The van der Waals surface area contributed by atoms with Crippen LogP contribution in [0.15, 0.2) is 18.2 Å². The molecule has 0 saturated carbocycles. The van der Waals surface area contributed by atoms with E-state index in [4.69, 9.17) is 0 Å². The SMILES string of the molecule is CCCCC(C)(C)Pc1cc(O)ccc1O. The second kappa shape index (κ2) is 5.54. The molecule has 1 rings (SSSR count). The van der Waals surface area contributed by atoms with Crippen molar-refractivity contribution in [1.82, 2.24) is 0 Å². The molecule has 0 aliphatic rings. The van der Waals surface area contributed by atoms with Crippen LogP contribution in [-0.2, 0) is 0 Å². The minimum atomic E-state index is 0.196. The molecule has 0 amide bonds. The molecule has 1 aromatic rings. The summed E-state index contributed by atoms with van der Waals surface area (Å²) in [7, 11) is 0.526. The van der Waals surface area contributed by atoms with Gasteiger partial charge in [0.25, 0.3) is 0 Å². The van der Waals surface area contributed by atoms with Gasteiger partial charge in [-0.1, -0.05) is 42.2 Å². The zero-order valence-corrected chi connectivity index (χ0v) is 11.2. The summed E-state index contributed by atoms with van der Waals surface area (Å²) >= 11 is 0. The fraction of sp³-hybridized carbons (Fsp3) is 0.538. The van der Waals surface area contributed by atoms with Gasteiger partial charge in [0.05, 0.1) is 0 Å². The van der Waals surface area contributed by atoms with Crippen molar-refractivity contribution in [2.75, 3.05) is 0 Å². The van der Waals surface area contributed by atoms with Crippen LogP contribution in [0.2, 0.25) is 0 Å². The summed E-state index contributed by atoms with van der Waals surface area (Å²) in [5.41, 5.74) is 0. The van der Waals surface area contributed by atoms with Gasteiger partial charge in [-0.25, -0.2) is 0 Å². The number of unbranched alkanes of at least 4 members (excludes halogenated alkanes) is 1. The largest absolute Gasteiger partial charge is 0.508 e. The molecule has 2 nitrogen and oxygen atoms in total. The molecule has 16 heavy (non-hydrogen) atoms. The molecular weight excluding hydrogens is 219 g/mol. The van der Waals surface area contributed by atoms with Crippen molar-refractivity contribution < 1.29 is 10.2 Å². The third-order valence-electron chi connectivity index (χ3n) is 2.61. The van der Waals surface area contributed by atoms with E-state index in [1.54, 1.807) is 12.1 Å². The second-order valence-electron chi connectivity index (χ2n) is 4.81. The highest BCUT2D eigenvalue weighted by Crippen LogP contribution is 2.37.